The van der Waals surface area contributed by atoms with Gasteiger partial charge in [-0.05, 0) is 38.5 Å². The molecule has 5 atom stereocenters. The van der Waals surface area contributed by atoms with Crippen molar-refractivity contribution in [1.82, 2.24) is 26.6 Å². The number of aliphatic hydroxyl groups is 1. The summed E-state index contributed by atoms with van der Waals surface area (Å²) in [5.74, 6) is -4.61. The first-order valence-electron chi connectivity index (χ1n) is 12.2. The minimum Gasteiger partial charge on any atom is -0.480 e. The minimum absolute atomic E-state index is 0.0113. The third-order valence-corrected chi connectivity index (χ3v) is 5.13. The second kappa shape index (κ2) is 16.5. The lowest BCUT2D eigenvalue weighted by atomic mass is 9.99. The average molecular weight is 531 g/mol. The zero-order valence-corrected chi connectivity index (χ0v) is 22.3. The van der Waals surface area contributed by atoms with Crippen molar-refractivity contribution in [2.24, 2.45) is 17.6 Å². The molecule has 0 radical (unpaired) electrons. The first-order chi connectivity index (χ1) is 17.1. The minimum atomic E-state index is -1.24. The van der Waals surface area contributed by atoms with Crippen LogP contribution in [0.5, 0.6) is 0 Å². The number of carboxylic acids is 1. The molecule has 0 heterocycles. The van der Waals surface area contributed by atoms with Crippen molar-refractivity contribution in [3.8, 4) is 0 Å². The molecule has 0 saturated heterocycles. The fourth-order valence-electron chi connectivity index (χ4n) is 3.14. The number of carbonyl (C=O) groups excluding carboxylic acids is 5. The molecule has 0 aromatic rings. The topological polar surface area (TPSA) is 229 Å². The van der Waals surface area contributed by atoms with E-state index in [1.165, 1.54) is 13.8 Å². The maximum atomic E-state index is 13.0. The molecule has 0 fully saturated rings. The Bertz CT molecular complexity index is 819. The van der Waals surface area contributed by atoms with E-state index < -0.39 is 78.9 Å². The molecule has 14 nitrogen and oxygen atoms in total. The standard InChI is InChI=1S/C23H42N6O8/c1-11(2)7-16(29-23(37)17(8-12(3)4)28-21(35)15(24)10-30)22(36)27-14(6)20(34)26-13(5)19(33)25-9-18(31)32/h11-17,30H,7-10,24H2,1-6H3,(H,25,33)(H,26,34)(H,27,36)(H,28,35)(H,29,37)(H,31,32)/t13-,14-,15-,16-,17-/m0/s1. The molecule has 0 aliphatic rings. The summed E-state index contributed by atoms with van der Waals surface area (Å²) in [6, 6.07) is -5.37. The van der Waals surface area contributed by atoms with Gasteiger partial charge in [0.05, 0.1) is 6.61 Å². The van der Waals surface area contributed by atoms with Crippen LogP contribution in [0.3, 0.4) is 0 Å². The predicted molar refractivity (Wildman–Crippen MR) is 134 cm³/mol. The Labute approximate surface area is 216 Å². The highest BCUT2D eigenvalue weighted by atomic mass is 16.4. The SMILES string of the molecule is CC(C)C[C@H](NC(=O)[C@H](CC(C)C)NC(=O)[C@@H](N)CO)C(=O)N[C@@H](C)C(=O)N[C@@H](C)C(=O)NCC(=O)O. The zero-order chi connectivity index (χ0) is 28.9. The van der Waals surface area contributed by atoms with Crippen molar-refractivity contribution in [2.45, 2.75) is 84.6 Å². The first-order valence-corrected chi connectivity index (χ1v) is 12.2. The van der Waals surface area contributed by atoms with Crippen LogP contribution in [0.25, 0.3) is 0 Å². The molecular weight excluding hydrogens is 488 g/mol. The summed E-state index contributed by atoms with van der Waals surface area (Å²) in [6.07, 6.45) is 0.491. The van der Waals surface area contributed by atoms with Gasteiger partial charge in [0.25, 0.3) is 0 Å². The number of nitrogens with two attached hydrogens (primary N) is 1. The molecule has 0 aliphatic carbocycles. The highest BCUT2D eigenvalue weighted by Crippen LogP contribution is 2.09. The van der Waals surface area contributed by atoms with Gasteiger partial charge in [0.1, 0.15) is 36.8 Å². The second-order valence-electron chi connectivity index (χ2n) is 9.74. The van der Waals surface area contributed by atoms with Crippen molar-refractivity contribution >= 4 is 35.5 Å². The van der Waals surface area contributed by atoms with Crippen molar-refractivity contribution in [3.63, 3.8) is 0 Å². The van der Waals surface area contributed by atoms with E-state index in [0.29, 0.717) is 0 Å². The molecule has 0 saturated carbocycles. The molecule has 0 unspecified atom stereocenters. The van der Waals surface area contributed by atoms with Crippen molar-refractivity contribution in [1.29, 1.82) is 0 Å². The van der Waals surface area contributed by atoms with Gasteiger partial charge in [-0.3, -0.25) is 28.8 Å². The summed E-state index contributed by atoms with van der Waals surface area (Å²) in [5, 5.41) is 29.9. The Kier molecular flexibility index (Phi) is 15.0. The van der Waals surface area contributed by atoms with Crippen molar-refractivity contribution < 1.29 is 39.0 Å². The molecule has 0 rings (SSSR count). The highest BCUT2D eigenvalue weighted by Gasteiger charge is 2.30. The molecule has 9 N–H and O–H groups in total. The van der Waals surface area contributed by atoms with Gasteiger partial charge in [0.15, 0.2) is 0 Å². The van der Waals surface area contributed by atoms with Crippen LogP contribution < -0.4 is 32.3 Å². The van der Waals surface area contributed by atoms with Gasteiger partial charge in [-0.25, -0.2) is 0 Å². The number of aliphatic carboxylic acids is 1. The molecule has 14 heteroatoms. The number of carbonyl (C=O) groups is 6. The molecular formula is C23H42N6O8. The van der Waals surface area contributed by atoms with E-state index in [2.05, 4.69) is 26.6 Å². The Balaban J connectivity index is 5.33. The van der Waals surface area contributed by atoms with Crippen LogP contribution in [0.2, 0.25) is 0 Å². The van der Waals surface area contributed by atoms with Crippen LogP contribution in [0, 0.1) is 11.8 Å². The van der Waals surface area contributed by atoms with Gasteiger partial charge in [0.2, 0.25) is 29.5 Å². The maximum Gasteiger partial charge on any atom is 0.322 e. The van der Waals surface area contributed by atoms with Gasteiger partial charge >= 0.3 is 5.97 Å². The van der Waals surface area contributed by atoms with E-state index >= 15 is 0 Å². The van der Waals surface area contributed by atoms with Crippen LogP contribution in [-0.4, -0.2) is 89.1 Å². The van der Waals surface area contributed by atoms with E-state index in [-0.39, 0.29) is 24.7 Å². The monoisotopic (exact) mass is 530 g/mol. The third-order valence-electron chi connectivity index (χ3n) is 5.13. The van der Waals surface area contributed by atoms with Crippen LogP contribution in [0.15, 0.2) is 0 Å². The summed E-state index contributed by atoms with van der Waals surface area (Å²) in [5.41, 5.74) is 5.53. The number of hydrogen-bond donors (Lipinski definition) is 8. The molecule has 0 aromatic carbocycles. The zero-order valence-electron chi connectivity index (χ0n) is 22.3. The Morgan fingerprint density at radius 3 is 1.49 bits per heavy atom. The quantitative estimate of drug-likeness (QED) is 0.106. The Morgan fingerprint density at radius 1 is 0.649 bits per heavy atom. The van der Waals surface area contributed by atoms with Crippen LogP contribution in [0.4, 0.5) is 0 Å². The number of nitrogens with one attached hydrogen (secondary N) is 5. The van der Waals surface area contributed by atoms with Crippen molar-refractivity contribution in [2.75, 3.05) is 13.2 Å². The summed E-state index contributed by atoms with van der Waals surface area (Å²) >= 11 is 0. The predicted octanol–water partition coefficient (Wildman–Crippen LogP) is -2.42. The van der Waals surface area contributed by atoms with Gasteiger partial charge in [0, 0.05) is 0 Å². The number of aliphatic hydroxyl groups excluding tert-OH is 1. The largest absolute Gasteiger partial charge is 0.480 e. The number of carboxylic acid groups (broad SMARTS) is 1. The molecule has 5 amide bonds. The van der Waals surface area contributed by atoms with Gasteiger partial charge < -0.3 is 42.5 Å². The van der Waals surface area contributed by atoms with Crippen LogP contribution >= 0.6 is 0 Å². The lowest BCUT2D eigenvalue weighted by Gasteiger charge is -2.26. The Morgan fingerprint density at radius 2 is 1.05 bits per heavy atom. The second-order valence-corrected chi connectivity index (χ2v) is 9.74. The number of amides is 5. The fourth-order valence-corrected chi connectivity index (χ4v) is 3.14. The highest BCUT2D eigenvalue weighted by molar-refractivity contribution is 5.95. The molecule has 37 heavy (non-hydrogen) atoms. The number of rotatable bonds is 16. The first kappa shape index (κ1) is 33.7. The summed E-state index contributed by atoms with van der Waals surface area (Å²) in [4.78, 5) is 73.0. The van der Waals surface area contributed by atoms with Crippen LogP contribution in [-0.2, 0) is 28.8 Å². The van der Waals surface area contributed by atoms with Gasteiger partial charge in [-0.15, -0.1) is 0 Å². The molecule has 0 spiro atoms. The van der Waals surface area contributed by atoms with E-state index in [4.69, 9.17) is 15.9 Å². The van der Waals surface area contributed by atoms with E-state index in [1.807, 2.05) is 27.7 Å². The maximum absolute atomic E-state index is 13.0. The van der Waals surface area contributed by atoms with Crippen molar-refractivity contribution in [3.05, 3.63) is 0 Å². The number of hydrogen-bond acceptors (Lipinski definition) is 8. The summed E-state index contributed by atoms with van der Waals surface area (Å²) < 4.78 is 0. The summed E-state index contributed by atoms with van der Waals surface area (Å²) in [7, 11) is 0. The molecule has 0 aliphatic heterocycles. The average Bonchev–Trinajstić information content (AvgIpc) is 2.79. The van der Waals surface area contributed by atoms with E-state index in [9.17, 15) is 28.8 Å². The normalized spacial score (nSPS) is 15.1. The lowest BCUT2D eigenvalue weighted by Crippen LogP contribution is -2.58. The lowest BCUT2D eigenvalue weighted by molar-refractivity contribution is -0.138. The van der Waals surface area contributed by atoms with Gasteiger partial charge in [-0.2, -0.15) is 0 Å². The smallest absolute Gasteiger partial charge is 0.322 e. The van der Waals surface area contributed by atoms with E-state index in [0.717, 1.165) is 0 Å². The fraction of sp³-hybridized carbons (Fsp3) is 0.739. The molecule has 0 bridgehead atoms. The van der Waals surface area contributed by atoms with E-state index in [1.54, 1.807) is 0 Å². The summed E-state index contributed by atoms with van der Waals surface area (Å²) in [6.45, 7) is 8.92. The molecule has 212 valence electrons. The third kappa shape index (κ3) is 13.6. The molecule has 0 aromatic heterocycles. The van der Waals surface area contributed by atoms with Crippen LogP contribution in [0.1, 0.15) is 54.4 Å². The Hall–Kier alpha value is -3.26. The van der Waals surface area contributed by atoms with Gasteiger partial charge in [-0.1, -0.05) is 27.7 Å².